The molecule has 0 saturated heterocycles. The monoisotopic (exact) mass is 138 g/mol. The van der Waals surface area contributed by atoms with E-state index in [9.17, 15) is 0 Å². The molecule has 0 radical (unpaired) electrons. The van der Waals surface area contributed by atoms with Crippen molar-refractivity contribution < 1.29 is 72.1 Å². The van der Waals surface area contributed by atoms with Crippen LogP contribution in [0, 0.1) is 0 Å². The minimum absolute atomic E-state index is 0. The maximum atomic E-state index is 8.88. The van der Waals surface area contributed by atoms with Crippen molar-refractivity contribution in [2.45, 2.75) is 0 Å². The first kappa shape index (κ1) is 10.7. The molecule has 0 unspecified atom stereocenters. The van der Waals surface area contributed by atoms with Gasteiger partial charge in [0.25, 0.3) is 0 Å². The van der Waals surface area contributed by atoms with E-state index in [-0.39, 0.29) is 52.8 Å². The third-order valence-corrected chi connectivity index (χ3v) is 0. The van der Waals surface area contributed by atoms with Crippen molar-refractivity contribution in [3.63, 3.8) is 0 Å². The van der Waals surface area contributed by atoms with Crippen LogP contribution in [0.25, 0.3) is 0 Å². The normalized spacial score (nSPS) is 9.83. The smallest absolute Gasteiger partial charge is 1.00 e. The Morgan fingerprint density at radius 2 is 1.33 bits per heavy atom. The van der Waals surface area contributed by atoms with Gasteiger partial charge in [-0.05, 0) is 0 Å². The second kappa shape index (κ2) is 3.71. The zero-order valence-electron chi connectivity index (χ0n) is 4.20. The van der Waals surface area contributed by atoms with Crippen LogP contribution in [-0.4, -0.2) is 14.7 Å². The first-order valence-corrected chi connectivity index (χ1v) is 2.35. The first-order valence-electron chi connectivity index (χ1n) is 0.783. The van der Waals surface area contributed by atoms with Gasteiger partial charge in [0.2, 0.25) is 0 Å². The summed E-state index contributed by atoms with van der Waals surface area (Å²) in [7, 11) is -4.64. The van der Waals surface area contributed by atoms with E-state index in [1.54, 1.807) is 0 Å². The topological polar surface area (TPSA) is 77.8 Å². The molecule has 0 heterocycles. The van der Waals surface area contributed by atoms with E-state index in [0.717, 1.165) is 0 Å². The van der Waals surface area contributed by atoms with Crippen LogP contribution in [-0.2, 0) is 4.57 Å². The third-order valence-electron chi connectivity index (χ3n) is 0. The molecule has 0 fully saturated rings. The van der Waals surface area contributed by atoms with Gasteiger partial charge in [0, 0.05) is 0 Å². The Balaban J connectivity index is -0.0000000800. The van der Waals surface area contributed by atoms with Crippen molar-refractivity contribution in [3.05, 3.63) is 0 Å². The third kappa shape index (κ3) is 42.4. The molecule has 0 aromatic rings. The summed E-state index contributed by atoms with van der Waals surface area (Å²) in [5.41, 5.74) is 0. The average Bonchev–Trinajstić information content (AvgIpc) is 0.722. The van der Waals surface area contributed by atoms with Crippen molar-refractivity contribution >= 4 is 7.82 Å². The minimum Gasteiger partial charge on any atom is -1.00 e. The standard InChI is InChI=1S/K.H3O4P.H/c;1-5(2,3)4;/h;(H3,1,2,3,4);/q+1;;-1. The molecule has 0 aromatic heterocycles. The summed E-state index contributed by atoms with van der Waals surface area (Å²) < 4.78 is 8.88. The first-order chi connectivity index (χ1) is 2.00. The molecule has 0 rings (SSSR count). The zero-order chi connectivity index (χ0) is 4.50. The maximum absolute atomic E-state index is 8.88. The molecule has 6 heavy (non-hydrogen) atoms. The van der Waals surface area contributed by atoms with Gasteiger partial charge in [0.15, 0.2) is 0 Å². The summed E-state index contributed by atoms with van der Waals surface area (Å²) >= 11 is 0. The Morgan fingerprint density at radius 1 is 1.33 bits per heavy atom. The number of hydrogen-bond acceptors (Lipinski definition) is 1. The van der Waals surface area contributed by atoms with Crippen LogP contribution in [0.3, 0.4) is 0 Å². The summed E-state index contributed by atoms with van der Waals surface area (Å²) in [6, 6.07) is 0. The molecule has 0 amide bonds. The van der Waals surface area contributed by atoms with Crippen molar-refractivity contribution in [2.75, 3.05) is 0 Å². The SMILES string of the molecule is O=P(O)(O)O.[H-].[K+]. The van der Waals surface area contributed by atoms with Crippen molar-refractivity contribution in [1.29, 1.82) is 0 Å². The van der Waals surface area contributed by atoms with Crippen LogP contribution in [0.4, 0.5) is 0 Å². The van der Waals surface area contributed by atoms with Gasteiger partial charge in [-0.25, -0.2) is 4.57 Å². The summed E-state index contributed by atoms with van der Waals surface area (Å²) in [5, 5.41) is 0. The van der Waals surface area contributed by atoms with Crippen LogP contribution in [0.1, 0.15) is 1.43 Å². The van der Waals surface area contributed by atoms with E-state index in [4.69, 9.17) is 19.2 Å². The van der Waals surface area contributed by atoms with Gasteiger partial charge >= 0.3 is 59.2 Å². The molecule has 0 aromatic carbocycles. The van der Waals surface area contributed by atoms with Crippen LogP contribution >= 0.6 is 7.82 Å². The van der Waals surface area contributed by atoms with E-state index in [2.05, 4.69) is 0 Å². The number of rotatable bonds is 0. The molecule has 0 bridgehead atoms. The van der Waals surface area contributed by atoms with E-state index in [1.165, 1.54) is 0 Å². The molecule has 34 valence electrons. The summed E-state index contributed by atoms with van der Waals surface area (Å²) in [4.78, 5) is 21.6. The fourth-order valence-electron chi connectivity index (χ4n) is 0. The van der Waals surface area contributed by atoms with Crippen LogP contribution in [0.5, 0.6) is 0 Å². The molecule has 0 aliphatic carbocycles. The second-order valence-corrected chi connectivity index (χ2v) is 1.54. The molecular weight excluding hydrogens is 134 g/mol. The van der Waals surface area contributed by atoms with Gasteiger partial charge in [0.1, 0.15) is 0 Å². The van der Waals surface area contributed by atoms with E-state index < -0.39 is 7.82 Å². The summed E-state index contributed by atoms with van der Waals surface area (Å²) in [5.74, 6) is 0. The quantitative estimate of drug-likeness (QED) is 0.237. The van der Waals surface area contributed by atoms with Gasteiger partial charge in [-0.1, -0.05) is 0 Å². The van der Waals surface area contributed by atoms with E-state index in [0.29, 0.717) is 0 Å². The van der Waals surface area contributed by atoms with Crippen LogP contribution in [0.2, 0.25) is 0 Å². The molecule has 0 aliphatic heterocycles. The Kier molecular flexibility index (Phi) is 6.61. The molecular formula is H4KO4P. The summed E-state index contributed by atoms with van der Waals surface area (Å²) in [6.45, 7) is 0. The average molecular weight is 138 g/mol. The molecule has 0 saturated carbocycles. The predicted octanol–water partition coefficient (Wildman–Crippen LogP) is -3.81. The molecule has 4 nitrogen and oxygen atoms in total. The number of hydrogen-bond donors (Lipinski definition) is 3. The van der Waals surface area contributed by atoms with Crippen molar-refractivity contribution in [3.8, 4) is 0 Å². The van der Waals surface area contributed by atoms with Gasteiger partial charge < -0.3 is 16.1 Å². The van der Waals surface area contributed by atoms with Crippen molar-refractivity contribution in [2.24, 2.45) is 0 Å². The second-order valence-electron chi connectivity index (χ2n) is 0.513. The fourth-order valence-corrected chi connectivity index (χ4v) is 0. The van der Waals surface area contributed by atoms with Crippen LogP contribution in [0.15, 0.2) is 0 Å². The Labute approximate surface area is 78.7 Å². The van der Waals surface area contributed by atoms with E-state index >= 15 is 0 Å². The van der Waals surface area contributed by atoms with Gasteiger partial charge in [-0.3, -0.25) is 0 Å². The predicted molar refractivity (Wildman–Crippen MR) is 15.4 cm³/mol. The maximum Gasteiger partial charge on any atom is 1.00 e. The Hall–Kier alpha value is 1.75. The molecule has 0 atom stereocenters. The summed E-state index contributed by atoms with van der Waals surface area (Å²) in [6.07, 6.45) is 0. The van der Waals surface area contributed by atoms with E-state index in [1.807, 2.05) is 0 Å². The molecule has 3 N–H and O–H groups in total. The minimum atomic E-state index is -4.64. The molecule has 0 spiro atoms. The Bertz CT molecular complexity index is 57.8. The van der Waals surface area contributed by atoms with Gasteiger partial charge in [-0.15, -0.1) is 0 Å². The van der Waals surface area contributed by atoms with Crippen LogP contribution < -0.4 is 51.4 Å². The molecule has 6 heteroatoms. The van der Waals surface area contributed by atoms with Gasteiger partial charge in [-0.2, -0.15) is 0 Å². The van der Waals surface area contributed by atoms with Crippen molar-refractivity contribution in [1.82, 2.24) is 0 Å². The molecule has 0 aliphatic rings. The Morgan fingerprint density at radius 3 is 1.33 bits per heavy atom. The fraction of sp³-hybridized carbons (Fsp3) is 0. The number of phosphoric acid groups is 1. The largest absolute Gasteiger partial charge is 1.00 e. The zero-order valence-corrected chi connectivity index (χ0v) is 7.21. The van der Waals surface area contributed by atoms with Gasteiger partial charge in [0.05, 0.1) is 0 Å².